The van der Waals surface area contributed by atoms with Gasteiger partial charge in [-0.15, -0.1) is 0 Å². The highest BCUT2D eigenvalue weighted by Gasteiger charge is 2.27. The molecule has 1 aromatic rings. The number of ether oxygens (including phenoxy) is 2. The number of amides is 1. The lowest BCUT2D eigenvalue weighted by atomic mass is 10.1. The normalized spacial score (nSPS) is 18.0. The molecular formula is C18H26BrNO3. The topological polar surface area (TPSA) is 38.8 Å². The lowest BCUT2D eigenvalue weighted by Gasteiger charge is -2.29. The Morgan fingerprint density at radius 2 is 2.17 bits per heavy atom. The maximum absolute atomic E-state index is 12.6. The van der Waals surface area contributed by atoms with Crippen molar-refractivity contribution in [3.8, 4) is 0 Å². The summed E-state index contributed by atoms with van der Waals surface area (Å²) in [6, 6.07) is 6.17. The van der Waals surface area contributed by atoms with Gasteiger partial charge in [0, 0.05) is 11.1 Å². The summed E-state index contributed by atoms with van der Waals surface area (Å²) < 4.78 is 12.3. The average molecular weight is 384 g/mol. The van der Waals surface area contributed by atoms with E-state index in [0.717, 1.165) is 29.5 Å². The van der Waals surface area contributed by atoms with Gasteiger partial charge in [-0.1, -0.05) is 28.1 Å². The van der Waals surface area contributed by atoms with E-state index >= 15 is 0 Å². The van der Waals surface area contributed by atoms with Gasteiger partial charge in [-0.2, -0.15) is 0 Å². The Morgan fingerprint density at radius 1 is 1.43 bits per heavy atom. The van der Waals surface area contributed by atoms with E-state index < -0.39 is 5.60 Å². The van der Waals surface area contributed by atoms with Gasteiger partial charge in [0.25, 0.3) is 0 Å². The largest absolute Gasteiger partial charge is 0.444 e. The van der Waals surface area contributed by atoms with Gasteiger partial charge in [-0.3, -0.25) is 0 Å². The van der Waals surface area contributed by atoms with Crippen molar-refractivity contribution < 1.29 is 14.3 Å². The van der Waals surface area contributed by atoms with Crippen molar-refractivity contribution in [3.63, 3.8) is 0 Å². The maximum Gasteiger partial charge on any atom is 0.410 e. The third-order valence-corrected chi connectivity index (χ3v) is 4.41. The molecule has 1 heterocycles. The summed E-state index contributed by atoms with van der Waals surface area (Å²) in [6.07, 6.45) is 1.86. The summed E-state index contributed by atoms with van der Waals surface area (Å²) >= 11 is 3.59. The molecule has 1 fully saturated rings. The predicted molar refractivity (Wildman–Crippen MR) is 94.5 cm³/mol. The fraction of sp³-hybridized carbons (Fsp3) is 0.611. The predicted octanol–water partition coefficient (Wildman–Crippen LogP) is 4.67. The van der Waals surface area contributed by atoms with Crippen LogP contribution < -0.4 is 0 Å². The fourth-order valence-electron chi connectivity index (χ4n) is 2.55. The molecule has 128 valence electrons. The molecule has 1 saturated heterocycles. The van der Waals surface area contributed by atoms with Crippen LogP contribution >= 0.6 is 15.9 Å². The van der Waals surface area contributed by atoms with Crippen LogP contribution in [0.15, 0.2) is 22.7 Å². The summed E-state index contributed by atoms with van der Waals surface area (Å²) in [5.74, 6) is 0. The molecule has 1 aliphatic heterocycles. The molecule has 1 aromatic carbocycles. The molecule has 2 rings (SSSR count). The molecule has 1 amide bonds. The van der Waals surface area contributed by atoms with Crippen molar-refractivity contribution in [2.75, 3.05) is 13.2 Å². The first-order chi connectivity index (χ1) is 10.7. The van der Waals surface area contributed by atoms with Gasteiger partial charge >= 0.3 is 6.09 Å². The number of carbonyl (C=O) groups excluding carboxylic acids is 1. The Labute approximate surface area is 147 Å². The molecule has 0 spiro atoms. The molecule has 1 aliphatic rings. The van der Waals surface area contributed by atoms with Crippen LogP contribution in [0.3, 0.4) is 0 Å². The van der Waals surface area contributed by atoms with Crippen LogP contribution in [0.5, 0.6) is 0 Å². The van der Waals surface area contributed by atoms with Crippen LogP contribution in [0, 0.1) is 6.92 Å². The molecule has 1 atom stereocenters. The van der Waals surface area contributed by atoms with Gasteiger partial charge < -0.3 is 14.4 Å². The summed E-state index contributed by atoms with van der Waals surface area (Å²) in [4.78, 5) is 14.3. The number of benzene rings is 1. The number of halogens is 1. The molecule has 1 unspecified atom stereocenters. The van der Waals surface area contributed by atoms with Gasteiger partial charge in [0.15, 0.2) is 0 Å². The highest BCUT2D eigenvalue weighted by Crippen LogP contribution is 2.23. The number of aryl methyl sites for hydroxylation is 1. The van der Waals surface area contributed by atoms with Crippen molar-refractivity contribution in [1.29, 1.82) is 0 Å². The van der Waals surface area contributed by atoms with Crippen LogP contribution in [0.1, 0.15) is 44.7 Å². The number of rotatable bonds is 4. The first-order valence-electron chi connectivity index (χ1n) is 8.09. The number of nitrogens with zero attached hydrogens (tertiary/aromatic N) is 1. The summed E-state index contributed by atoms with van der Waals surface area (Å²) in [7, 11) is 0. The lowest BCUT2D eigenvalue weighted by Crippen LogP contribution is -2.40. The first-order valence-corrected chi connectivity index (χ1v) is 8.88. The molecule has 0 N–H and O–H groups in total. The zero-order valence-electron chi connectivity index (χ0n) is 14.4. The van der Waals surface area contributed by atoms with E-state index in [4.69, 9.17) is 9.47 Å². The molecule has 0 radical (unpaired) electrons. The third kappa shape index (κ3) is 5.81. The first kappa shape index (κ1) is 18.3. The van der Waals surface area contributed by atoms with E-state index in [1.165, 1.54) is 5.56 Å². The zero-order chi connectivity index (χ0) is 17.0. The SMILES string of the molecule is Cc1ccc(CN(CC2CCCO2)C(=O)OC(C)(C)C)c(Br)c1. The van der Waals surface area contributed by atoms with E-state index in [-0.39, 0.29) is 12.2 Å². The minimum atomic E-state index is -0.504. The van der Waals surface area contributed by atoms with Crippen LogP contribution in [0.4, 0.5) is 4.79 Å². The highest BCUT2D eigenvalue weighted by molar-refractivity contribution is 9.10. The molecule has 0 aliphatic carbocycles. The highest BCUT2D eigenvalue weighted by atomic mass is 79.9. The fourth-order valence-corrected chi connectivity index (χ4v) is 3.17. The van der Waals surface area contributed by atoms with Crippen molar-refractivity contribution in [1.82, 2.24) is 4.90 Å². The van der Waals surface area contributed by atoms with Gasteiger partial charge in [0.2, 0.25) is 0 Å². The van der Waals surface area contributed by atoms with Crippen LogP contribution in [-0.2, 0) is 16.0 Å². The minimum Gasteiger partial charge on any atom is -0.444 e. The van der Waals surface area contributed by atoms with Crippen LogP contribution in [0.2, 0.25) is 0 Å². The van der Waals surface area contributed by atoms with Gasteiger partial charge in [-0.25, -0.2) is 4.79 Å². The van der Waals surface area contributed by atoms with Crippen molar-refractivity contribution in [3.05, 3.63) is 33.8 Å². The summed E-state index contributed by atoms with van der Waals surface area (Å²) in [5, 5.41) is 0. The average Bonchev–Trinajstić information content (AvgIpc) is 2.91. The monoisotopic (exact) mass is 383 g/mol. The zero-order valence-corrected chi connectivity index (χ0v) is 16.0. The second-order valence-electron chi connectivity index (χ2n) is 7.09. The Kier molecular flexibility index (Phi) is 6.09. The van der Waals surface area contributed by atoms with Crippen molar-refractivity contribution in [2.45, 2.75) is 58.8 Å². The summed E-state index contributed by atoms with van der Waals surface area (Å²) in [5.41, 5.74) is 1.75. The van der Waals surface area contributed by atoms with E-state index in [2.05, 4.69) is 28.1 Å². The van der Waals surface area contributed by atoms with Gasteiger partial charge in [0.1, 0.15) is 5.60 Å². The molecule has 0 saturated carbocycles. The molecular weight excluding hydrogens is 358 g/mol. The number of carbonyl (C=O) groups is 1. The van der Waals surface area contributed by atoms with E-state index in [1.54, 1.807) is 4.90 Å². The lowest BCUT2D eigenvalue weighted by molar-refractivity contribution is 0.00855. The quantitative estimate of drug-likeness (QED) is 0.757. The van der Waals surface area contributed by atoms with E-state index in [1.807, 2.05) is 33.8 Å². The molecule has 0 aromatic heterocycles. The molecule has 0 bridgehead atoms. The van der Waals surface area contributed by atoms with Crippen LogP contribution in [-0.4, -0.2) is 35.8 Å². The molecule has 23 heavy (non-hydrogen) atoms. The third-order valence-electron chi connectivity index (χ3n) is 3.67. The van der Waals surface area contributed by atoms with Gasteiger partial charge in [0.05, 0.1) is 19.2 Å². The molecule has 5 heteroatoms. The van der Waals surface area contributed by atoms with E-state index in [0.29, 0.717) is 13.1 Å². The number of hydrogen-bond donors (Lipinski definition) is 0. The van der Waals surface area contributed by atoms with E-state index in [9.17, 15) is 4.79 Å². The standard InChI is InChI=1S/C18H26BrNO3/c1-13-7-8-14(16(19)10-13)11-20(12-15-6-5-9-22-15)17(21)23-18(2,3)4/h7-8,10,15H,5-6,9,11-12H2,1-4H3. The van der Waals surface area contributed by atoms with Crippen molar-refractivity contribution in [2.24, 2.45) is 0 Å². The Balaban J connectivity index is 2.12. The molecule has 4 nitrogen and oxygen atoms in total. The minimum absolute atomic E-state index is 0.103. The van der Waals surface area contributed by atoms with Crippen molar-refractivity contribution >= 4 is 22.0 Å². The Bertz CT molecular complexity index is 548. The number of hydrogen-bond acceptors (Lipinski definition) is 3. The smallest absolute Gasteiger partial charge is 0.410 e. The second-order valence-corrected chi connectivity index (χ2v) is 7.95. The maximum atomic E-state index is 12.6. The Morgan fingerprint density at radius 3 is 2.74 bits per heavy atom. The Hall–Kier alpha value is -1.07. The van der Waals surface area contributed by atoms with Gasteiger partial charge in [-0.05, 0) is 57.7 Å². The van der Waals surface area contributed by atoms with Crippen LogP contribution in [0.25, 0.3) is 0 Å². The summed E-state index contributed by atoms with van der Waals surface area (Å²) in [6.45, 7) is 9.56. The second kappa shape index (κ2) is 7.67.